The number of ether oxygens (including phenoxy) is 1. The number of rotatable bonds is 8. The molecule has 216 valence electrons. The van der Waals surface area contributed by atoms with Gasteiger partial charge in [-0.05, 0) is 35.9 Å². The molecule has 6 rings (SSSR count). The molecule has 0 bridgehead atoms. The molecule has 0 radical (unpaired) electrons. The first-order valence-corrected chi connectivity index (χ1v) is 13.2. The summed E-state index contributed by atoms with van der Waals surface area (Å²) < 4.78 is 44.0. The molecule has 1 fully saturated rings. The van der Waals surface area contributed by atoms with Crippen molar-refractivity contribution in [2.45, 2.75) is 38.3 Å². The molecule has 2 aliphatic heterocycles. The van der Waals surface area contributed by atoms with E-state index in [-0.39, 0.29) is 38.4 Å². The Morgan fingerprint density at radius 1 is 1.12 bits per heavy atom. The fourth-order valence-electron chi connectivity index (χ4n) is 5.40. The van der Waals surface area contributed by atoms with E-state index in [1.54, 1.807) is 42.9 Å². The van der Waals surface area contributed by atoms with E-state index in [0.717, 1.165) is 10.9 Å². The Labute approximate surface area is 237 Å². The number of carbonyl (C=O) groups excluding carboxylic acids is 3. The average Bonchev–Trinajstić information content (AvgIpc) is 3.67. The summed E-state index contributed by atoms with van der Waals surface area (Å²) in [7, 11) is 0. The Morgan fingerprint density at radius 3 is 2.69 bits per heavy atom. The molecule has 0 saturated carbocycles. The number of halogens is 3. The van der Waals surface area contributed by atoms with E-state index in [1.165, 1.54) is 21.9 Å². The zero-order valence-electron chi connectivity index (χ0n) is 22.1. The number of nitrogens with one attached hydrogen (secondary N) is 2. The molecular weight excluding hydrogens is 553 g/mol. The fourth-order valence-corrected chi connectivity index (χ4v) is 5.40. The maximum Gasteiger partial charge on any atom is 0.345 e. The summed E-state index contributed by atoms with van der Waals surface area (Å²) in [6.45, 7) is -3.47. The van der Waals surface area contributed by atoms with Crippen LogP contribution in [0.2, 0.25) is 0 Å². The van der Waals surface area contributed by atoms with Gasteiger partial charge in [0.1, 0.15) is 18.4 Å². The molecule has 2 N–H and O–H groups in total. The van der Waals surface area contributed by atoms with Crippen LogP contribution in [0.15, 0.2) is 61.1 Å². The van der Waals surface area contributed by atoms with Crippen molar-refractivity contribution in [2.24, 2.45) is 0 Å². The predicted molar refractivity (Wildman–Crippen MR) is 143 cm³/mol. The summed E-state index contributed by atoms with van der Waals surface area (Å²) in [5, 5.41) is 3.62. The number of fused-ring (bicyclic) bond motifs is 2. The Bertz CT molecular complexity index is 1630. The average molecular weight is 579 g/mol. The van der Waals surface area contributed by atoms with Gasteiger partial charge in [-0.1, -0.05) is 12.1 Å². The lowest BCUT2D eigenvalue weighted by Gasteiger charge is -2.26. The molecule has 0 spiro atoms. The number of carbonyl (C=O) groups is 3. The van der Waals surface area contributed by atoms with Crippen LogP contribution in [0.25, 0.3) is 22.0 Å². The quantitative estimate of drug-likeness (QED) is 0.331. The molecule has 0 aliphatic carbocycles. The van der Waals surface area contributed by atoms with Gasteiger partial charge >= 0.3 is 6.61 Å². The second-order valence-corrected chi connectivity index (χ2v) is 10.2. The summed E-state index contributed by atoms with van der Waals surface area (Å²) >= 11 is 0. The molecule has 13 heteroatoms. The smallest absolute Gasteiger partial charge is 0.345 e. The van der Waals surface area contributed by atoms with Gasteiger partial charge in [0.05, 0.1) is 30.5 Å². The molecular formula is C29H25F3N6O4. The maximum atomic E-state index is 13.4. The van der Waals surface area contributed by atoms with Gasteiger partial charge in [0.25, 0.3) is 5.91 Å². The third-order valence-electron chi connectivity index (χ3n) is 7.44. The largest absolute Gasteiger partial charge is 0.357 e. The van der Waals surface area contributed by atoms with Crippen LogP contribution >= 0.6 is 0 Å². The van der Waals surface area contributed by atoms with Crippen molar-refractivity contribution in [1.82, 2.24) is 30.1 Å². The maximum absolute atomic E-state index is 13.4. The summed E-state index contributed by atoms with van der Waals surface area (Å²) in [5.41, 5.74) is 3.62. The zero-order valence-corrected chi connectivity index (χ0v) is 22.1. The number of nitrogens with zero attached hydrogens (tertiary/aromatic N) is 4. The van der Waals surface area contributed by atoms with Gasteiger partial charge in [-0.25, -0.2) is 4.39 Å². The highest BCUT2D eigenvalue weighted by molar-refractivity contribution is 6.01. The van der Waals surface area contributed by atoms with E-state index in [9.17, 15) is 27.6 Å². The number of amides is 3. The van der Waals surface area contributed by atoms with Crippen molar-refractivity contribution in [3.63, 3.8) is 0 Å². The minimum Gasteiger partial charge on any atom is -0.357 e. The molecule has 4 aromatic rings. The van der Waals surface area contributed by atoms with E-state index in [2.05, 4.69) is 25.0 Å². The fraction of sp³-hybridized carbons (Fsp3) is 0.276. The van der Waals surface area contributed by atoms with Gasteiger partial charge in [0.2, 0.25) is 11.8 Å². The second kappa shape index (κ2) is 11.2. The van der Waals surface area contributed by atoms with Gasteiger partial charge in [0.15, 0.2) is 0 Å². The normalized spacial score (nSPS) is 18.2. The van der Waals surface area contributed by atoms with Crippen molar-refractivity contribution in [3.8, 4) is 11.1 Å². The molecule has 1 saturated heterocycles. The monoisotopic (exact) mass is 578 g/mol. The van der Waals surface area contributed by atoms with Crippen molar-refractivity contribution < 1.29 is 32.3 Å². The summed E-state index contributed by atoms with van der Waals surface area (Å²) in [4.78, 5) is 53.8. The SMILES string of the molecule is O=C(NCc1cc2cnccc2[nH]1)[C@@H]1C[C@@H](OC(F)F)CN1C(=O)CN1Cc2ncc(-c3ccc(F)cc3)cc2C1=O. The highest BCUT2D eigenvalue weighted by atomic mass is 19.3. The van der Waals surface area contributed by atoms with Crippen molar-refractivity contribution in [3.05, 3.63) is 83.8 Å². The van der Waals surface area contributed by atoms with Crippen LogP contribution < -0.4 is 5.32 Å². The van der Waals surface area contributed by atoms with Gasteiger partial charge in [-0.15, -0.1) is 0 Å². The number of likely N-dealkylation sites (tertiary alicyclic amines) is 1. The number of alkyl halides is 2. The number of H-pyrrole nitrogens is 1. The first kappa shape index (κ1) is 27.4. The Kier molecular flexibility index (Phi) is 7.33. The summed E-state index contributed by atoms with van der Waals surface area (Å²) in [5.74, 6) is -1.92. The van der Waals surface area contributed by atoms with Crippen molar-refractivity contribution >= 4 is 28.6 Å². The lowest BCUT2D eigenvalue weighted by atomic mass is 10.0. The molecule has 2 aliphatic rings. The topological polar surface area (TPSA) is 121 Å². The molecule has 3 aromatic heterocycles. The van der Waals surface area contributed by atoms with Gasteiger partial charge in [0, 0.05) is 53.7 Å². The van der Waals surface area contributed by atoms with Crippen LogP contribution in [0, 0.1) is 5.82 Å². The number of aromatic amines is 1. The van der Waals surface area contributed by atoms with Crippen LogP contribution in [0.1, 0.15) is 28.2 Å². The number of pyridine rings is 2. The van der Waals surface area contributed by atoms with Gasteiger partial charge in [-0.2, -0.15) is 8.78 Å². The molecule has 3 amide bonds. The summed E-state index contributed by atoms with van der Waals surface area (Å²) in [6, 6.07) is 9.96. The van der Waals surface area contributed by atoms with E-state index in [4.69, 9.17) is 0 Å². The lowest BCUT2D eigenvalue weighted by molar-refractivity contribution is -0.160. The predicted octanol–water partition coefficient (Wildman–Crippen LogP) is 3.24. The Morgan fingerprint density at radius 2 is 1.93 bits per heavy atom. The van der Waals surface area contributed by atoms with Crippen LogP contribution in [0.4, 0.5) is 13.2 Å². The highest BCUT2D eigenvalue weighted by Gasteiger charge is 2.42. The van der Waals surface area contributed by atoms with Crippen LogP contribution in [0.5, 0.6) is 0 Å². The zero-order chi connectivity index (χ0) is 29.4. The molecule has 0 unspecified atom stereocenters. The second-order valence-electron chi connectivity index (χ2n) is 10.2. The first-order chi connectivity index (χ1) is 20.2. The van der Waals surface area contributed by atoms with Crippen LogP contribution in [-0.2, 0) is 27.4 Å². The van der Waals surface area contributed by atoms with Crippen molar-refractivity contribution in [1.29, 1.82) is 0 Å². The third-order valence-corrected chi connectivity index (χ3v) is 7.44. The number of benzene rings is 1. The molecule has 5 heterocycles. The Hall–Kier alpha value is -4.78. The van der Waals surface area contributed by atoms with Gasteiger partial charge < -0.3 is 24.8 Å². The van der Waals surface area contributed by atoms with E-state index in [0.29, 0.717) is 28.1 Å². The highest BCUT2D eigenvalue weighted by Crippen LogP contribution is 2.28. The molecule has 42 heavy (non-hydrogen) atoms. The minimum absolute atomic E-state index is 0.0700. The molecule has 10 nitrogen and oxygen atoms in total. The van der Waals surface area contributed by atoms with Gasteiger partial charge in [-0.3, -0.25) is 24.4 Å². The summed E-state index contributed by atoms with van der Waals surface area (Å²) in [6.07, 6.45) is 3.72. The van der Waals surface area contributed by atoms with Crippen molar-refractivity contribution in [2.75, 3.05) is 13.1 Å². The van der Waals surface area contributed by atoms with Crippen LogP contribution in [0.3, 0.4) is 0 Å². The Balaban J connectivity index is 1.14. The number of hydrogen-bond acceptors (Lipinski definition) is 6. The lowest BCUT2D eigenvalue weighted by Crippen LogP contribution is -2.49. The van der Waals surface area contributed by atoms with E-state index < -0.39 is 36.5 Å². The van der Waals surface area contributed by atoms with E-state index in [1.807, 2.05) is 6.07 Å². The molecule has 2 atom stereocenters. The third kappa shape index (κ3) is 5.55. The number of hydrogen-bond donors (Lipinski definition) is 2. The van der Waals surface area contributed by atoms with Crippen LogP contribution in [-0.4, -0.2) is 74.3 Å². The van der Waals surface area contributed by atoms with E-state index >= 15 is 0 Å². The first-order valence-electron chi connectivity index (χ1n) is 13.2. The minimum atomic E-state index is -3.07. The molecule has 1 aromatic carbocycles. The number of aromatic nitrogens is 3. The standard InChI is InChI=1S/C29H25F3N6O4/c30-19-3-1-16(2-4-19)17-8-22-24(34-11-17)14-37(28(22)41)15-26(39)38-13-21(42-29(31)32)9-25(38)27(40)35-12-20-7-18-10-33-6-5-23(18)36-20/h1-8,10-11,21,25,29,36H,9,12-15H2,(H,35,40)/t21-,25+/m1/s1.